The van der Waals surface area contributed by atoms with Crippen LogP contribution >= 0.6 is 0 Å². The molecule has 0 amide bonds. The molecule has 2 aromatic carbocycles. The largest absolute Gasteiger partial charge is 0.489 e. The van der Waals surface area contributed by atoms with Gasteiger partial charge in [0.2, 0.25) is 9.84 Å². The maximum atomic E-state index is 14.4. The third kappa shape index (κ3) is 5.27. The summed E-state index contributed by atoms with van der Waals surface area (Å²) in [6, 6.07) is 6.45. The van der Waals surface area contributed by atoms with Gasteiger partial charge >= 0.3 is 10.5 Å². The molecule has 9 nitrogen and oxygen atoms in total. The highest BCUT2D eigenvalue weighted by molar-refractivity contribution is 7.90. The smallest absolute Gasteiger partial charge is 0.488 e. The van der Waals surface area contributed by atoms with Gasteiger partial charge < -0.3 is 8.92 Å². The van der Waals surface area contributed by atoms with Crippen LogP contribution in [-0.4, -0.2) is 37.9 Å². The Morgan fingerprint density at radius 3 is 2.07 bits per heavy atom. The van der Waals surface area contributed by atoms with Crippen molar-refractivity contribution in [3.8, 4) is 17.2 Å². The number of aromatic nitrogens is 3. The van der Waals surface area contributed by atoms with Crippen LogP contribution in [0.15, 0.2) is 47.9 Å². The molecule has 0 saturated carbocycles. The first-order valence-corrected chi connectivity index (χ1v) is 11.1. The number of benzene rings is 2. The highest BCUT2D eigenvalue weighted by atomic mass is 32.3. The molecule has 1 aromatic heterocycles. The van der Waals surface area contributed by atoms with Crippen LogP contribution in [0, 0.1) is 11.6 Å². The van der Waals surface area contributed by atoms with E-state index in [0.29, 0.717) is 0 Å². The summed E-state index contributed by atoms with van der Waals surface area (Å²) >= 11 is 0. The summed E-state index contributed by atoms with van der Waals surface area (Å²) in [5, 5.41) is 3.17. The molecule has 160 valence electrons. The van der Waals surface area contributed by atoms with Gasteiger partial charge in [0.15, 0.2) is 0 Å². The third-order valence-electron chi connectivity index (χ3n) is 3.60. The normalized spacial score (nSPS) is 12.0. The van der Waals surface area contributed by atoms with Crippen molar-refractivity contribution < 1.29 is 38.4 Å². The van der Waals surface area contributed by atoms with Crippen molar-refractivity contribution in [1.29, 1.82) is 0 Å². The molecular formula is C16H12F3N3O6S2. The standard InChI is InChI=1S/C16H12F3N3O6S2/c1-29(23,24)16-20-9-22(21-16)10-6-14(17)13(15(18)7-10)8-27-11-2-4-12(5-3-11)28-30(19,25)26/h2-7,9H,8H2,1H3. The fourth-order valence-electron chi connectivity index (χ4n) is 2.26. The molecule has 30 heavy (non-hydrogen) atoms. The second-order valence-electron chi connectivity index (χ2n) is 5.87. The quantitative estimate of drug-likeness (QED) is 0.489. The fourth-order valence-corrected chi connectivity index (χ4v) is 3.08. The lowest BCUT2D eigenvalue weighted by Gasteiger charge is -2.10. The number of ether oxygens (including phenoxy) is 1. The molecule has 0 aliphatic rings. The Kier molecular flexibility index (Phi) is 5.72. The van der Waals surface area contributed by atoms with E-state index in [4.69, 9.17) is 4.74 Å². The van der Waals surface area contributed by atoms with Gasteiger partial charge in [-0.05, 0) is 24.3 Å². The second kappa shape index (κ2) is 7.95. The molecule has 0 spiro atoms. The van der Waals surface area contributed by atoms with Crippen LogP contribution in [0.4, 0.5) is 12.7 Å². The average Bonchev–Trinajstić information content (AvgIpc) is 3.11. The zero-order valence-electron chi connectivity index (χ0n) is 15.0. The van der Waals surface area contributed by atoms with Gasteiger partial charge in [-0.1, -0.05) is 3.89 Å². The van der Waals surface area contributed by atoms with Gasteiger partial charge in [-0.2, -0.15) is 8.42 Å². The van der Waals surface area contributed by atoms with E-state index in [-0.39, 0.29) is 17.2 Å². The summed E-state index contributed by atoms with van der Waals surface area (Å²) in [5.74, 6) is -2.17. The molecule has 0 aliphatic heterocycles. The average molecular weight is 463 g/mol. The van der Waals surface area contributed by atoms with Crippen molar-refractivity contribution in [3.63, 3.8) is 0 Å². The van der Waals surface area contributed by atoms with Crippen molar-refractivity contribution in [3.05, 3.63) is 59.9 Å². The molecule has 3 rings (SSSR count). The van der Waals surface area contributed by atoms with E-state index < -0.39 is 49.3 Å². The number of hydrogen-bond acceptors (Lipinski definition) is 8. The number of nitrogens with zero attached hydrogens (tertiary/aromatic N) is 3. The second-order valence-corrected chi connectivity index (χ2v) is 8.73. The molecule has 0 saturated heterocycles. The SMILES string of the molecule is CS(=O)(=O)c1ncn(-c2cc(F)c(COc3ccc(OS(=O)(=O)F)cc3)c(F)c2)n1. The number of rotatable bonds is 7. The van der Waals surface area contributed by atoms with Gasteiger partial charge in [-0.15, -0.1) is 5.10 Å². The predicted octanol–water partition coefficient (Wildman–Crippen LogP) is 2.12. The van der Waals surface area contributed by atoms with Crippen LogP contribution in [0.3, 0.4) is 0 Å². The molecule has 0 radical (unpaired) electrons. The first-order valence-electron chi connectivity index (χ1n) is 7.89. The van der Waals surface area contributed by atoms with Crippen molar-refractivity contribution in [2.45, 2.75) is 11.8 Å². The maximum Gasteiger partial charge on any atom is 0.488 e. The lowest BCUT2D eigenvalue weighted by molar-refractivity contribution is 0.292. The molecule has 0 N–H and O–H groups in total. The predicted molar refractivity (Wildman–Crippen MR) is 95.8 cm³/mol. The minimum Gasteiger partial charge on any atom is -0.489 e. The lowest BCUT2D eigenvalue weighted by atomic mass is 10.2. The molecule has 0 atom stereocenters. The van der Waals surface area contributed by atoms with Gasteiger partial charge in [0.25, 0.3) is 5.16 Å². The Morgan fingerprint density at radius 1 is 1.00 bits per heavy atom. The highest BCUT2D eigenvalue weighted by Gasteiger charge is 2.17. The molecule has 3 aromatic rings. The van der Waals surface area contributed by atoms with Crippen molar-refractivity contribution in [2.24, 2.45) is 0 Å². The van der Waals surface area contributed by atoms with E-state index in [0.717, 1.165) is 41.5 Å². The zero-order valence-corrected chi connectivity index (χ0v) is 16.6. The fraction of sp³-hybridized carbons (Fsp3) is 0.125. The first kappa shape index (κ1) is 21.6. The third-order valence-corrected chi connectivity index (χ3v) is 4.84. The summed E-state index contributed by atoms with van der Waals surface area (Å²) in [7, 11) is -8.86. The Bertz CT molecular complexity index is 1270. The van der Waals surface area contributed by atoms with Gasteiger partial charge in [0, 0.05) is 18.4 Å². The highest BCUT2D eigenvalue weighted by Crippen LogP contribution is 2.23. The molecular weight excluding hydrogens is 451 g/mol. The molecule has 0 aliphatic carbocycles. The minimum atomic E-state index is -5.18. The molecule has 0 bridgehead atoms. The minimum absolute atomic E-state index is 0.0925. The molecule has 14 heteroatoms. The van der Waals surface area contributed by atoms with E-state index in [1.807, 2.05) is 0 Å². The summed E-state index contributed by atoms with van der Waals surface area (Å²) in [4.78, 5) is 3.57. The van der Waals surface area contributed by atoms with Gasteiger partial charge in [0.05, 0.1) is 11.3 Å². The van der Waals surface area contributed by atoms with Crippen LogP contribution in [0.1, 0.15) is 5.56 Å². The van der Waals surface area contributed by atoms with Crippen molar-refractivity contribution in [1.82, 2.24) is 14.8 Å². The van der Waals surface area contributed by atoms with Crippen LogP contribution in [0.5, 0.6) is 11.5 Å². The van der Waals surface area contributed by atoms with Gasteiger partial charge in [0.1, 0.15) is 36.1 Å². The van der Waals surface area contributed by atoms with E-state index >= 15 is 0 Å². The molecule has 0 fully saturated rings. The number of hydrogen-bond donors (Lipinski definition) is 0. The van der Waals surface area contributed by atoms with E-state index in [9.17, 15) is 29.5 Å². The summed E-state index contributed by atoms with van der Waals surface area (Å²) in [5.41, 5.74) is -0.515. The lowest BCUT2D eigenvalue weighted by Crippen LogP contribution is -2.06. The first-order chi connectivity index (χ1) is 13.9. The summed E-state index contributed by atoms with van der Waals surface area (Å²) in [6.45, 7) is -0.522. The van der Waals surface area contributed by atoms with Crippen molar-refractivity contribution in [2.75, 3.05) is 6.26 Å². The zero-order chi connectivity index (χ0) is 22.1. The van der Waals surface area contributed by atoms with Crippen LogP contribution in [0.2, 0.25) is 0 Å². The monoisotopic (exact) mass is 463 g/mol. The van der Waals surface area contributed by atoms with E-state index in [1.54, 1.807) is 0 Å². The molecule has 0 unspecified atom stereocenters. The Hall–Kier alpha value is -3.13. The van der Waals surface area contributed by atoms with E-state index in [1.165, 1.54) is 12.1 Å². The van der Waals surface area contributed by atoms with Gasteiger partial charge in [-0.3, -0.25) is 0 Å². The topological polar surface area (TPSA) is 117 Å². The number of halogens is 3. The summed E-state index contributed by atoms with van der Waals surface area (Å²) < 4.78 is 95.0. The number of sulfone groups is 1. The van der Waals surface area contributed by atoms with Crippen LogP contribution < -0.4 is 8.92 Å². The Morgan fingerprint density at radius 2 is 1.57 bits per heavy atom. The maximum absolute atomic E-state index is 14.4. The Balaban J connectivity index is 1.75. The summed E-state index contributed by atoms with van der Waals surface area (Å²) in [6.07, 6.45) is 1.89. The Labute approximate surface area is 169 Å². The van der Waals surface area contributed by atoms with Crippen LogP contribution in [-0.2, 0) is 26.9 Å². The van der Waals surface area contributed by atoms with Crippen molar-refractivity contribution >= 4 is 20.3 Å². The van der Waals surface area contributed by atoms with Gasteiger partial charge in [-0.25, -0.2) is 26.9 Å². The van der Waals surface area contributed by atoms with Crippen LogP contribution in [0.25, 0.3) is 5.69 Å². The molecule has 1 heterocycles. The van der Waals surface area contributed by atoms with E-state index in [2.05, 4.69) is 14.3 Å².